The third-order valence-corrected chi connectivity index (χ3v) is 4.39. The van der Waals surface area contributed by atoms with E-state index in [0.29, 0.717) is 22.2 Å². The number of amides is 2. The highest BCUT2D eigenvalue weighted by molar-refractivity contribution is 6.31. The van der Waals surface area contributed by atoms with Crippen LogP contribution in [0.25, 0.3) is 11.7 Å². The van der Waals surface area contributed by atoms with Crippen molar-refractivity contribution in [2.24, 2.45) is 7.05 Å². The lowest BCUT2D eigenvalue weighted by Crippen LogP contribution is -2.32. The summed E-state index contributed by atoms with van der Waals surface area (Å²) in [5, 5.41) is 9.83. The number of aryl methyl sites for hydroxylation is 2. The molecule has 0 aromatic carbocycles. The first-order valence-electron chi connectivity index (χ1n) is 8.25. The van der Waals surface area contributed by atoms with Gasteiger partial charge in [-0.2, -0.15) is 5.10 Å². The Morgan fingerprint density at radius 1 is 1.30 bits per heavy atom. The van der Waals surface area contributed by atoms with Crippen molar-refractivity contribution in [3.63, 3.8) is 0 Å². The van der Waals surface area contributed by atoms with E-state index in [9.17, 15) is 9.59 Å². The third-order valence-electron chi connectivity index (χ3n) is 4.11. The Balaban J connectivity index is 1.60. The molecule has 2 N–H and O–H groups in total. The number of rotatable bonds is 5. The molecule has 0 aliphatic carbocycles. The minimum atomic E-state index is -0.410. The molecule has 0 aliphatic heterocycles. The summed E-state index contributed by atoms with van der Waals surface area (Å²) in [5.41, 5.74) is 3.49. The first kappa shape index (κ1) is 18.7. The number of halogens is 1. The zero-order valence-electron chi connectivity index (χ0n) is 15.2. The van der Waals surface area contributed by atoms with Gasteiger partial charge < -0.3 is 10.6 Å². The van der Waals surface area contributed by atoms with E-state index in [1.165, 1.54) is 6.08 Å². The fourth-order valence-electron chi connectivity index (χ4n) is 2.65. The molecule has 0 fully saturated rings. The highest BCUT2D eigenvalue weighted by atomic mass is 35.5. The first-order chi connectivity index (χ1) is 12.9. The van der Waals surface area contributed by atoms with Gasteiger partial charge in [-0.25, -0.2) is 4.98 Å². The average molecular weight is 387 g/mol. The molecular weight excluding hydrogens is 368 g/mol. The van der Waals surface area contributed by atoms with Crippen molar-refractivity contribution >= 4 is 40.8 Å². The fraction of sp³-hybridized carbons (Fsp3) is 0.222. The van der Waals surface area contributed by atoms with E-state index in [2.05, 4.69) is 20.7 Å². The Hall–Kier alpha value is -3.13. The van der Waals surface area contributed by atoms with Gasteiger partial charge in [-0.3, -0.25) is 18.7 Å². The van der Waals surface area contributed by atoms with Crippen LogP contribution in [0.15, 0.2) is 30.5 Å². The molecule has 0 saturated heterocycles. The molecule has 2 amide bonds. The van der Waals surface area contributed by atoms with Gasteiger partial charge in [0.1, 0.15) is 5.65 Å². The second-order valence-electron chi connectivity index (χ2n) is 5.99. The van der Waals surface area contributed by atoms with Crippen LogP contribution < -0.4 is 10.6 Å². The number of hydrogen-bond donors (Lipinski definition) is 2. The average Bonchev–Trinajstić information content (AvgIpc) is 3.08. The summed E-state index contributed by atoms with van der Waals surface area (Å²) in [7, 11) is 1.80. The maximum atomic E-state index is 12.1. The quantitative estimate of drug-likeness (QED) is 0.657. The van der Waals surface area contributed by atoms with Crippen molar-refractivity contribution in [1.82, 2.24) is 24.5 Å². The number of carbonyl (C=O) groups is 2. The van der Waals surface area contributed by atoms with Gasteiger partial charge in [0.2, 0.25) is 11.8 Å². The summed E-state index contributed by atoms with van der Waals surface area (Å²) in [5.74, 6) is -0.740. The second-order valence-corrected chi connectivity index (χ2v) is 6.34. The van der Waals surface area contributed by atoms with Crippen LogP contribution in [0.2, 0.25) is 5.15 Å². The Labute approximate surface area is 160 Å². The molecule has 0 bridgehead atoms. The van der Waals surface area contributed by atoms with Crippen LogP contribution >= 0.6 is 11.6 Å². The van der Waals surface area contributed by atoms with Crippen LogP contribution in [0.5, 0.6) is 0 Å². The number of hydrogen-bond acceptors (Lipinski definition) is 4. The molecule has 3 aromatic heterocycles. The number of nitrogens with zero attached hydrogens (tertiary/aromatic N) is 4. The summed E-state index contributed by atoms with van der Waals surface area (Å²) >= 11 is 6.11. The molecule has 3 aromatic rings. The predicted molar refractivity (Wildman–Crippen MR) is 104 cm³/mol. The molecule has 0 aliphatic rings. The van der Waals surface area contributed by atoms with Crippen LogP contribution in [-0.2, 0) is 16.6 Å². The molecule has 0 unspecified atom stereocenters. The van der Waals surface area contributed by atoms with Crippen LogP contribution in [0.1, 0.15) is 17.1 Å². The summed E-state index contributed by atoms with van der Waals surface area (Å²) in [6.45, 7) is 3.51. The molecule has 0 atom stereocenters. The second kappa shape index (κ2) is 7.63. The maximum Gasteiger partial charge on any atom is 0.244 e. The van der Waals surface area contributed by atoms with Crippen molar-refractivity contribution in [3.05, 3.63) is 52.7 Å². The molecule has 27 heavy (non-hydrogen) atoms. The molecule has 0 radical (unpaired) electrons. The van der Waals surface area contributed by atoms with Gasteiger partial charge in [-0.15, -0.1) is 0 Å². The summed E-state index contributed by atoms with van der Waals surface area (Å²) in [4.78, 5) is 28.3. The lowest BCUT2D eigenvalue weighted by Gasteiger charge is -2.06. The topological polar surface area (TPSA) is 93.3 Å². The van der Waals surface area contributed by atoms with Gasteiger partial charge in [0.25, 0.3) is 0 Å². The van der Waals surface area contributed by atoms with E-state index in [-0.39, 0.29) is 12.5 Å². The van der Waals surface area contributed by atoms with Gasteiger partial charge in [0, 0.05) is 19.3 Å². The number of fused-ring (bicyclic) bond motifs is 1. The molecule has 0 spiro atoms. The summed E-state index contributed by atoms with van der Waals surface area (Å²) < 4.78 is 3.46. The van der Waals surface area contributed by atoms with E-state index in [0.717, 1.165) is 11.4 Å². The number of anilines is 1. The van der Waals surface area contributed by atoms with E-state index in [1.807, 2.05) is 32.0 Å². The highest BCUT2D eigenvalue weighted by Crippen LogP contribution is 2.19. The number of pyridine rings is 1. The molecule has 140 valence electrons. The molecule has 9 heteroatoms. The largest absolute Gasteiger partial charge is 0.343 e. The zero-order chi connectivity index (χ0) is 19.6. The van der Waals surface area contributed by atoms with Crippen LogP contribution in [0.3, 0.4) is 0 Å². The smallest absolute Gasteiger partial charge is 0.244 e. The lowest BCUT2D eigenvalue weighted by molar-refractivity contribution is -0.121. The Morgan fingerprint density at radius 3 is 2.78 bits per heavy atom. The van der Waals surface area contributed by atoms with Crippen molar-refractivity contribution in [2.45, 2.75) is 13.8 Å². The van der Waals surface area contributed by atoms with E-state index in [1.54, 1.807) is 28.4 Å². The molecule has 0 saturated carbocycles. The number of nitrogens with one attached hydrogen (secondary N) is 2. The Bertz CT molecular complexity index is 1050. The monoisotopic (exact) mass is 386 g/mol. The maximum absolute atomic E-state index is 12.1. The van der Waals surface area contributed by atoms with E-state index in [4.69, 9.17) is 11.6 Å². The van der Waals surface area contributed by atoms with Crippen molar-refractivity contribution in [1.29, 1.82) is 0 Å². The summed E-state index contributed by atoms with van der Waals surface area (Å²) in [6, 6.07) is 5.51. The van der Waals surface area contributed by atoms with Gasteiger partial charge in [-0.1, -0.05) is 17.7 Å². The molecule has 8 nitrogen and oxygen atoms in total. The number of carbonyl (C=O) groups excluding carboxylic acids is 2. The van der Waals surface area contributed by atoms with Crippen LogP contribution in [0, 0.1) is 13.8 Å². The Morgan fingerprint density at radius 2 is 2.07 bits per heavy atom. The number of aromatic nitrogens is 4. The normalized spacial score (nSPS) is 11.3. The standard InChI is InChI=1S/C18H19ClN6O2/c1-11-17(12(2)24(3)23-11)22-16(27)10-20-15(26)8-7-13-18(19)21-14-6-4-5-9-25(13)14/h4-9H,10H2,1-3H3,(H,20,26)(H,22,27)/b8-7+. The van der Waals surface area contributed by atoms with E-state index >= 15 is 0 Å². The third kappa shape index (κ3) is 4.01. The minimum absolute atomic E-state index is 0.155. The SMILES string of the molecule is Cc1nn(C)c(C)c1NC(=O)CNC(=O)/C=C/c1c(Cl)nc2ccccn12. The zero-order valence-corrected chi connectivity index (χ0v) is 15.9. The van der Waals surface area contributed by atoms with Crippen LogP contribution in [0.4, 0.5) is 5.69 Å². The van der Waals surface area contributed by atoms with Crippen molar-refractivity contribution in [2.75, 3.05) is 11.9 Å². The predicted octanol–water partition coefficient (Wildman–Crippen LogP) is 2.11. The number of imidazole rings is 1. The molecular formula is C18H19ClN6O2. The Kier molecular flexibility index (Phi) is 5.27. The molecule has 3 rings (SSSR count). The molecule has 3 heterocycles. The van der Waals surface area contributed by atoms with E-state index < -0.39 is 5.91 Å². The van der Waals surface area contributed by atoms with Gasteiger partial charge >= 0.3 is 0 Å². The van der Waals surface area contributed by atoms with Crippen molar-refractivity contribution in [3.8, 4) is 0 Å². The van der Waals surface area contributed by atoms with Gasteiger partial charge in [-0.05, 0) is 32.1 Å². The first-order valence-corrected chi connectivity index (χ1v) is 8.63. The summed E-state index contributed by atoms with van der Waals surface area (Å²) in [6.07, 6.45) is 4.68. The van der Waals surface area contributed by atoms with Gasteiger partial charge in [0.05, 0.1) is 29.3 Å². The van der Waals surface area contributed by atoms with Gasteiger partial charge in [0.15, 0.2) is 5.15 Å². The van der Waals surface area contributed by atoms with Crippen LogP contribution in [-0.4, -0.2) is 37.5 Å². The van der Waals surface area contributed by atoms with Crippen molar-refractivity contribution < 1.29 is 9.59 Å². The minimum Gasteiger partial charge on any atom is -0.343 e. The fourth-order valence-corrected chi connectivity index (χ4v) is 2.89. The highest BCUT2D eigenvalue weighted by Gasteiger charge is 2.13. The lowest BCUT2D eigenvalue weighted by atomic mass is 10.3.